The molecule has 0 saturated carbocycles. The molecule has 6 heteroatoms. The molecule has 132 valence electrons. The Morgan fingerprint density at radius 2 is 1.65 bits per heavy atom. The fraction of sp³-hybridized carbons (Fsp3) is 0.100. The molecular weight excluding hydrogens is 341 g/mol. The molecule has 3 nitrogen and oxygen atoms in total. The summed E-state index contributed by atoms with van der Waals surface area (Å²) in [6, 6.07) is 18.0. The maximum atomic E-state index is 12.7. The lowest BCUT2D eigenvalue weighted by Crippen LogP contribution is -2.39. The Balaban J connectivity index is 1.71. The van der Waals surface area contributed by atoms with E-state index in [2.05, 4.69) is 5.32 Å². The summed E-state index contributed by atoms with van der Waals surface area (Å²) in [5, 5.41) is 2.50. The van der Waals surface area contributed by atoms with Crippen LogP contribution in [0.4, 0.5) is 18.9 Å². The first-order valence-electron chi connectivity index (χ1n) is 7.93. The Morgan fingerprint density at radius 1 is 0.923 bits per heavy atom. The largest absolute Gasteiger partial charge is 0.416 e. The highest BCUT2D eigenvalue weighted by Gasteiger charge is 2.30. The van der Waals surface area contributed by atoms with Crippen LogP contribution in [0, 0.1) is 0 Å². The van der Waals surface area contributed by atoms with Crippen molar-refractivity contribution in [2.45, 2.75) is 12.7 Å². The fourth-order valence-corrected chi connectivity index (χ4v) is 2.56. The summed E-state index contributed by atoms with van der Waals surface area (Å²) in [6.07, 6.45) is -0.890. The molecular formula is C20H16F3N2O+. The first-order valence-corrected chi connectivity index (χ1v) is 7.93. The van der Waals surface area contributed by atoms with Crippen LogP contribution in [0.15, 0.2) is 79.1 Å². The molecule has 0 radical (unpaired) electrons. The molecule has 3 aromatic rings. The number of carbonyl (C=O) groups is 1. The molecule has 0 unspecified atom stereocenters. The van der Waals surface area contributed by atoms with E-state index in [1.54, 1.807) is 10.8 Å². The summed E-state index contributed by atoms with van der Waals surface area (Å²) in [5.74, 6) is -0.403. The van der Waals surface area contributed by atoms with Gasteiger partial charge in [0.25, 0.3) is 5.91 Å². The van der Waals surface area contributed by atoms with Gasteiger partial charge >= 0.3 is 6.18 Å². The van der Waals surface area contributed by atoms with Gasteiger partial charge in [-0.1, -0.05) is 36.4 Å². The van der Waals surface area contributed by atoms with E-state index in [-0.39, 0.29) is 12.2 Å². The van der Waals surface area contributed by atoms with E-state index < -0.39 is 17.6 Å². The summed E-state index contributed by atoms with van der Waals surface area (Å²) in [5.41, 5.74) is 1.28. The smallest absolute Gasteiger partial charge is 0.321 e. The van der Waals surface area contributed by atoms with Crippen molar-refractivity contribution in [2.24, 2.45) is 0 Å². The van der Waals surface area contributed by atoms with Crippen LogP contribution in [0.2, 0.25) is 0 Å². The predicted octanol–water partition coefficient (Wildman–Crippen LogP) is 4.30. The number of amides is 1. The molecule has 0 saturated heterocycles. The minimum absolute atomic E-state index is 0.00306. The zero-order valence-electron chi connectivity index (χ0n) is 13.7. The van der Waals surface area contributed by atoms with Crippen LogP contribution in [-0.4, -0.2) is 5.91 Å². The Hall–Kier alpha value is -3.15. The number of nitrogens with one attached hydrogen (secondary N) is 1. The number of rotatable bonds is 4. The zero-order chi connectivity index (χ0) is 18.6. The van der Waals surface area contributed by atoms with Gasteiger partial charge in [0.1, 0.15) is 0 Å². The molecule has 0 aliphatic heterocycles. The van der Waals surface area contributed by atoms with Crippen molar-refractivity contribution in [1.29, 1.82) is 0 Å². The number of benzene rings is 2. The standard InChI is InChI=1S/C20H15F3N2O/c21-20(22,23)17-9-4-10-18(12-17)24-19(26)14-25-11-5-8-16(13-25)15-6-2-1-3-7-15/h1-13H,14H2/p+1. The van der Waals surface area contributed by atoms with Crippen molar-refractivity contribution in [2.75, 3.05) is 5.32 Å². The van der Waals surface area contributed by atoms with E-state index in [0.717, 1.165) is 23.3 Å². The number of nitrogens with zero attached hydrogens (tertiary/aromatic N) is 1. The number of hydrogen-bond donors (Lipinski definition) is 1. The lowest BCUT2D eigenvalue weighted by molar-refractivity contribution is -0.683. The van der Waals surface area contributed by atoms with Crippen molar-refractivity contribution >= 4 is 11.6 Å². The predicted molar refractivity (Wildman–Crippen MR) is 92.1 cm³/mol. The monoisotopic (exact) mass is 357 g/mol. The molecule has 0 aliphatic rings. The van der Waals surface area contributed by atoms with Gasteiger partial charge in [0.2, 0.25) is 6.54 Å². The average Bonchev–Trinajstić information content (AvgIpc) is 2.62. The van der Waals surface area contributed by atoms with Gasteiger partial charge in [0.15, 0.2) is 12.4 Å². The van der Waals surface area contributed by atoms with Crippen LogP contribution in [0.25, 0.3) is 11.1 Å². The topological polar surface area (TPSA) is 33.0 Å². The number of anilines is 1. The van der Waals surface area contributed by atoms with Crippen molar-refractivity contribution < 1.29 is 22.5 Å². The Kier molecular flexibility index (Phi) is 5.02. The molecule has 1 N–H and O–H groups in total. The highest BCUT2D eigenvalue weighted by atomic mass is 19.4. The highest BCUT2D eigenvalue weighted by Crippen LogP contribution is 2.30. The molecule has 3 rings (SSSR count). The normalized spacial score (nSPS) is 11.2. The van der Waals surface area contributed by atoms with Gasteiger partial charge in [-0.2, -0.15) is 17.7 Å². The number of alkyl halides is 3. The minimum atomic E-state index is -4.44. The number of aromatic nitrogens is 1. The molecule has 0 spiro atoms. The second-order valence-electron chi connectivity index (χ2n) is 5.76. The van der Waals surface area contributed by atoms with Crippen molar-refractivity contribution in [3.63, 3.8) is 0 Å². The third kappa shape index (κ3) is 4.47. The van der Waals surface area contributed by atoms with E-state index in [9.17, 15) is 18.0 Å². The molecule has 1 amide bonds. The van der Waals surface area contributed by atoms with Gasteiger partial charge in [-0.25, -0.2) is 0 Å². The molecule has 0 fully saturated rings. The zero-order valence-corrected chi connectivity index (χ0v) is 13.7. The first kappa shape index (κ1) is 17.7. The maximum Gasteiger partial charge on any atom is 0.416 e. The number of pyridine rings is 1. The fourth-order valence-electron chi connectivity index (χ4n) is 2.56. The van der Waals surface area contributed by atoms with Gasteiger partial charge in [-0.05, 0) is 29.8 Å². The molecule has 1 heterocycles. The van der Waals surface area contributed by atoms with Gasteiger partial charge in [-0.3, -0.25) is 4.79 Å². The Labute approximate surface area is 148 Å². The van der Waals surface area contributed by atoms with Crippen LogP contribution in [0.5, 0.6) is 0 Å². The van der Waals surface area contributed by atoms with E-state index in [1.807, 2.05) is 48.7 Å². The van der Waals surface area contributed by atoms with Crippen LogP contribution >= 0.6 is 0 Å². The first-order chi connectivity index (χ1) is 12.4. The lowest BCUT2D eigenvalue weighted by Gasteiger charge is -2.09. The summed E-state index contributed by atoms with van der Waals surface area (Å²) in [6.45, 7) is -0.00306. The summed E-state index contributed by atoms with van der Waals surface area (Å²) >= 11 is 0. The van der Waals surface area contributed by atoms with Crippen molar-refractivity contribution in [3.8, 4) is 11.1 Å². The van der Waals surface area contributed by atoms with Crippen LogP contribution in [0.3, 0.4) is 0 Å². The quantitative estimate of drug-likeness (QED) is 0.694. The molecule has 0 bridgehead atoms. The van der Waals surface area contributed by atoms with Crippen LogP contribution < -0.4 is 9.88 Å². The maximum absolute atomic E-state index is 12.7. The van der Waals surface area contributed by atoms with E-state index in [1.165, 1.54) is 12.1 Å². The number of carbonyl (C=O) groups excluding carboxylic acids is 1. The molecule has 0 aliphatic carbocycles. The lowest BCUT2D eigenvalue weighted by atomic mass is 10.1. The summed E-state index contributed by atoms with van der Waals surface area (Å²) < 4.78 is 39.9. The van der Waals surface area contributed by atoms with E-state index >= 15 is 0 Å². The van der Waals surface area contributed by atoms with Crippen molar-refractivity contribution in [1.82, 2.24) is 0 Å². The minimum Gasteiger partial charge on any atom is -0.321 e. The number of halogens is 3. The van der Waals surface area contributed by atoms with Gasteiger partial charge in [0.05, 0.1) is 5.56 Å². The van der Waals surface area contributed by atoms with E-state index in [0.29, 0.717) is 0 Å². The second kappa shape index (κ2) is 7.39. The van der Waals surface area contributed by atoms with E-state index in [4.69, 9.17) is 0 Å². The Bertz CT molecular complexity index is 908. The van der Waals surface area contributed by atoms with Gasteiger partial charge in [0, 0.05) is 17.3 Å². The molecule has 2 aromatic carbocycles. The number of hydrogen-bond acceptors (Lipinski definition) is 1. The van der Waals surface area contributed by atoms with Gasteiger partial charge < -0.3 is 5.32 Å². The Morgan fingerprint density at radius 3 is 2.38 bits per heavy atom. The SMILES string of the molecule is O=C(C[n+]1cccc(-c2ccccc2)c1)Nc1cccc(C(F)(F)F)c1. The molecule has 0 atom stereocenters. The van der Waals surface area contributed by atoms with Crippen molar-refractivity contribution in [3.05, 3.63) is 84.7 Å². The average molecular weight is 357 g/mol. The van der Waals surface area contributed by atoms with Crippen LogP contribution in [-0.2, 0) is 17.5 Å². The summed E-state index contributed by atoms with van der Waals surface area (Å²) in [4.78, 5) is 12.2. The molecule has 26 heavy (non-hydrogen) atoms. The van der Waals surface area contributed by atoms with Crippen LogP contribution in [0.1, 0.15) is 5.56 Å². The molecule has 1 aromatic heterocycles. The second-order valence-corrected chi connectivity index (χ2v) is 5.76. The highest BCUT2D eigenvalue weighted by molar-refractivity contribution is 5.89. The third-order valence-electron chi connectivity index (χ3n) is 3.77. The third-order valence-corrected chi connectivity index (χ3v) is 3.77. The van der Waals surface area contributed by atoms with Gasteiger partial charge in [-0.15, -0.1) is 0 Å². The summed E-state index contributed by atoms with van der Waals surface area (Å²) in [7, 11) is 0.